The second-order valence-electron chi connectivity index (χ2n) is 6.21. The van der Waals surface area contributed by atoms with Crippen molar-refractivity contribution in [3.63, 3.8) is 0 Å². The van der Waals surface area contributed by atoms with Gasteiger partial charge in [-0.05, 0) is 45.4 Å². The van der Waals surface area contributed by atoms with E-state index in [0.29, 0.717) is 6.54 Å². The van der Waals surface area contributed by atoms with E-state index < -0.39 is 5.60 Å². The number of nitrogens with zero attached hydrogens (tertiary/aromatic N) is 2. The Morgan fingerprint density at radius 3 is 2.60 bits per heavy atom. The van der Waals surface area contributed by atoms with Crippen LogP contribution in [0.4, 0.5) is 0 Å². The molecule has 2 rings (SSSR count). The Kier molecular flexibility index (Phi) is 5.11. The molecule has 1 saturated carbocycles. The zero-order chi connectivity index (χ0) is 14.6. The fourth-order valence-electron chi connectivity index (χ4n) is 3.08. The summed E-state index contributed by atoms with van der Waals surface area (Å²) in [5.41, 5.74) is 1.38. The second kappa shape index (κ2) is 6.64. The highest BCUT2D eigenvalue weighted by Gasteiger charge is 2.32. The molecule has 112 valence electrons. The molecule has 0 amide bonds. The van der Waals surface area contributed by atoms with Gasteiger partial charge in [0.15, 0.2) is 0 Å². The standard InChI is InChI=1S/C16H27N3O/c1-4-14-5-7-16(20,8-6-14)11-19-13(3)15-12(2)17-9-10-18-15/h9-10,13-14,19-20H,4-8,11H2,1-3H3. The Hall–Kier alpha value is -1.00. The molecule has 1 aliphatic carbocycles. The Morgan fingerprint density at radius 1 is 1.35 bits per heavy atom. The summed E-state index contributed by atoms with van der Waals surface area (Å²) in [6, 6.07) is 0.122. The van der Waals surface area contributed by atoms with Gasteiger partial charge in [0, 0.05) is 25.0 Å². The Bertz CT molecular complexity index is 427. The van der Waals surface area contributed by atoms with Gasteiger partial charge < -0.3 is 10.4 Å². The van der Waals surface area contributed by atoms with Crippen molar-refractivity contribution in [2.24, 2.45) is 5.92 Å². The smallest absolute Gasteiger partial charge is 0.0782 e. The molecule has 1 atom stereocenters. The maximum absolute atomic E-state index is 10.7. The minimum Gasteiger partial charge on any atom is -0.389 e. The molecule has 1 fully saturated rings. The molecule has 1 unspecified atom stereocenters. The maximum Gasteiger partial charge on any atom is 0.0782 e. The molecule has 0 radical (unpaired) electrons. The number of hydrogen-bond acceptors (Lipinski definition) is 4. The van der Waals surface area contributed by atoms with Crippen LogP contribution >= 0.6 is 0 Å². The van der Waals surface area contributed by atoms with Crippen LogP contribution in [-0.4, -0.2) is 27.2 Å². The summed E-state index contributed by atoms with van der Waals surface area (Å²) in [6.07, 6.45) is 8.78. The topological polar surface area (TPSA) is 58.0 Å². The number of rotatable bonds is 5. The third kappa shape index (κ3) is 3.76. The van der Waals surface area contributed by atoms with Gasteiger partial charge >= 0.3 is 0 Å². The molecule has 20 heavy (non-hydrogen) atoms. The summed E-state index contributed by atoms with van der Waals surface area (Å²) in [5, 5.41) is 14.1. The molecule has 0 aliphatic heterocycles. The van der Waals surface area contributed by atoms with E-state index in [1.807, 2.05) is 6.92 Å². The Morgan fingerprint density at radius 2 is 2.00 bits per heavy atom. The summed E-state index contributed by atoms with van der Waals surface area (Å²) >= 11 is 0. The second-order valence-corrected chi connectivity index (χ2v) is 6.21. The van der Waals surface area contributed by atoms with Crippen molar-refractivity contribution in [3.8, 4) is 0 Å². The molecular formula is C16H27N3O. The van der Waals surface area contributed by atoms with Crippen LogP contribution in [0.1, 0.15) is 63.4 Å². The highest BCUT2D eigenvalue weighted by atomic mass is 16.3. The van der Waals surface area contributed by atoms with Crippen LogP contribution in [0, 0.1) is 12.8 Å². The zero-order valence-electron chi connectivity index (χ0n) is 12.9. The molecule has 2 N–H and O–H groups in total. The zero-order valence-corrected chi connectivity index (χ0v) is 12.9. The van der Waals surface area contributed by atoms with Gasteiger partial charge in [-0.25, -0.2) is 0 Å². The van der Waals surface area contributed by atoms with Crippen molar-refractivity contribution in [2.45, 2.75) is 64.5 Å². The van der Waals surface area contributed by atoms with Crippen molar-refractivity contribution in [1.82, 2.24) is 15.3 Å². The highest BCUT2D eigenvalue weighted by molar-refractivity contribution is 5.12. The molecule has 4 nitrogen and oxygen atoms in total. The van der Waals surface area contributed by atoms with Crippen LogP contribution in [0.15, 0.2) is 12.4 Å². The van der Waals surface area contributed by atoms with Crippen LogP contribution < -0.4 is 5.32 Å². The first kappa shape index (κ1) is 15.4. The molecule has 1 aliphatic rings. The molecule has 1 heterocycles. The summed E-state index contributed by atoms with van der Waals surface area (Å²) in [4.78, 5) is 8.65. The molecule has 0 aromatic carbocycles. The predicted octanol–water partition coefficient (Wildman–Crippen LogP) is 2.77. The third-order valence-corrected chi connectivity index (χ3v) is 4.68. The maximum atomic E-state index is 10.7. The third-order valence-electron chi connectivity index (χ3n) is 4.68. The van der Waals surface area contributed by atoms with E-state index in [9.17, 15) is 5.11 Å². The average molecular weight is 277 g/mol. The monoisotopic (exact) mass is 277 g/mol. The van der Waals surface area contributed by atoms with Gasteiger partial charge in [-0.3, -0.25) is 9.97 Å². The molecule has 1 aromatic heterocycles. The summed E-state index contributed by atoms with van der Waals surface area (Å²) in [6.45, 7) is 6.94. The molecule has 1 aromatic rings. The van der Waals surface area contributed by atoms with Gasteiger partial charge in [0.25, 0.3) is 0 Å². The summed E-state index contributed by atoms with van der Waals surface area (Å²) < 4.78 is 0. The van der Waals surface area contributed by atoms with Crippen LogP contribution in [0.3, 0.4) is 0 Å². The largest absolute Gasteiger partial charge is 0.389 e. The lowest BCUT2D eigenvalue weighted by Gasteiger charge is -2.36. The number of nitrogens with one attached hydrogen (secondary N) is 1. The Balaban J connectivity index is 1.87. The lowest BCUT2D eigenvalue weighted by Crippen LogP contribution is -2.44. The van der Waals surface area contributed by atoms with Gasteiger partial charge in [0.05, 0.1) is 17.0 Å². The van der Waals surface area contributed by atoms with E-state index in [2.05, 4.69) is 29.1 Å². The van der Waals surface area contributed by atoms with Gasteiger partial charge in [-0.2, -0.15) is 0 Å². The average Bonchev–Trinajstić information content (AvgIpc) is 2.46. The lowest BCUT2D eigenvalue weighted by atomic mass is 9.78. The SMILES string of the molecule is CCC1CCC(O)(CNC(C)c2nccnc2C)CC1. The van der Waals surface area contributed by atoms with E-state index in [1.54, 1.807) is 12.4 Å². The van der Waals surface area contributed by atoms with Crippen LogP contribution in [0.2, 0.25) is 0 Å². The Labute approximate surface area is 122 Å². The minimum atomic E-state index is -0.546. The quantitative estimate of drug-likeness (QED) is 0.869. The van der Waals surface area contributed by atoms with Crippen LogP contribution in [-0.2, 0) is 0 Å². The molecular weight excluding hydrogens is 250 g/mol. The summed E-state index contributed by atoms with van der Waals surface area (Å²) in [7, 11) is 0. The summed E-state index contributed by atoms with van der Waals surface area (Å²) in [5.74, 6) is 0.801. The minimum absolute atomic E-state index is 0.122. The molecule has 4 heteroatoms. The number of hydrogen-bond donors (Lipinski definition) is 2. The van der Waals surface area contributed by atoms with Crippen molar-refractivity contribution in [1.29, 1.82) is 0 Å². The molecule has 0 bridgehead atoms. The fraction of sp³-hybridized carbons (Fsp3) is 0.750. The van der Waals surface area contributed by atoms with Gasteiger partial charge in [-0.1, -0.05) is 13.3 Å². The van der Waals surface area contributed by atoms with E-state index >= 15 is 0 Å². The van der Waals surface area contributed by atoms with Crippen molar-refractivity contribution < 1.29 is 5.11 Å². The van der Waals surface area contributed by atoms with Crippen molar-refractivity contribution in [2.75, 3.05) is 6.54 Å². The van der Waals surface area contributed by atoms with Gasteiger partial charge in [0.2, 0.25) is 0 Å². The van der Waals surface area contributed by atoms with Gasteiger partial charge in [-0.15, -0.1) is 0 Å². The van der Waals surface area contributed by atoms with E-state index in [0.717, 1.165) is 43.0 Å². The van der Waals surface area contributed by atoms with E-state index in [-0.39, 0.29) is 6.04 Å². The van der Waals surface area contributed by atoms with Crippen molar-refractivity contribution in [3.05, 3.63) is 23.8 Å². The van der Waals surface area contributed by atoms with E-state index in [4.69, 9.17) is 0 Å². The van der Waals surface area contributed by atoms with Crippen LogP contribution in [0.25, 0.3) is 0 Å². The normalized spacial score (nSPS) is 28.3. The fourth-order valence-corrected chi connectivity index (χ4v) is 3.08. The first-order valence-corrected chi connectivity index (χ1v) is 7.77. The number of aliphatic hydroxyl groups is 1. The van der Waals surface area contributed by atoms with Gasteiger partial charge in [0.1, 0.15) is 0 Å². The lowest BCUT2D eigenvalue weighted by molar-refractivity contribution is -0.0104. The van der Waals surface area contributed by atoms with Crippen molar-refractivity contribution >= 4 is 0 Å². The number of aryl methyl sites for hydroxylation is 1. The number of aromatic nitrogens is 2. The first-order valence-electron chi connectivity index (χ1n) is 7.77. The first-order chi connectivity index (χ1) is 9.54. The van der Waals surface area contributed by atoms with Crippen LogP contribution in [0.5, 0.6) is 0 Å². The highest BCUT2D eigenvalue weighted by Crippen LogP contribution is 2.33. The molecule has 0 spiro atoms. The van der Waals surface area contributed by atoms with E-state index in [1.165, 1.54) is 6.42 Å². The molecule has 0 saturated heterocycles. The predicted molar refractivity (Wildman–Crippen MR) is 80.4 cm³/mol.